The highest BCUT2D eigenvalue weighted by Crippen LogP contribution is 2.26. The average molecular weight is 257 g/mol. The Morgan fingerprint density at radius 1 is 1.16 bits per heavy atom. The molecule has 3 heteroatoms. The lowest BCUT2D eigenvalue weighted by Gasteiger charge is -2.23. The van der Waals surface area contributed by atoms with E-state index in [9.17, 15) is 9.59 Å². The van der Waals surface area contributed by atoms with Gasteiger partial charge in [0.2, 0.25) is 5.91 Å². The van der Waals surface area contributed by atoms with Gasteiger partial charge in [-0.15, -0.1) is 0 Å². The van der Waals surface area contributed by atoms with Gasteiger partial charge in [-0.1, -0.05) is 36.4 Å². The van der Waals surface area contributed by atoms with Crippen LogP contribution in [0.3, 0.4) is 0 Å². The average Bonchev–Trinajstić information content (AvgIpc) is 2.46. The molecule has 1 aromatic rings. The smallest absolute Gasteiger partial charge is 0.225 e. The highest BCUT2D eigenvalue weighted by Gasteiger charge is 2.25. The number of allylic oxidation sites excluding steroid dienone is 2. The van der Waals surface area contributed by atoms with Gasteiger partial charge >= 0.3 is 0 Å². The molecular weight excluding hydrogens is 238 g/mol. The van der Waals surface area contributed by atoms with Gasteiger partial charge in [0.05, 0.1) is 0 Å². The third kappa shape index (κ3) is 3.11. The van der Waals surface area contributed by atoms with Crippen LogP contribution in [0.5, 0.6) is 0 Å². The lowest BCUT2D eigenvalue weighted by atomic mass is 9.86. The van der Waals surface area contributed by atoms with Crippen molar-refractivity contribution in [1.82, 2.24) is 4.90 Å². The molecule has 1 amide bonds. The SMILES string of the molecule is CN(C)C(=O)C1CC=C(C(=O)c2ccccc2)CC1. The summed E-state index contributed by atoms with van der Waals surface area (Å²) in [5, 5.41) is 0. The Morgan fingerprint density at radius 3 is 2.37 bits per heavy atom. The molecule has 1 atom stereocenters. The van der Waals surface area contributed by atoms with E-state index in [2.05, 4.69) is 0 Å². The number of ketones is 1. The Morgan fingerprint density at radius 2 is 1.84 bits per heavy atom. The molecule has 0 fully saturated rings. The van der Waals surface area contributed by atoms with Crippen molar-refractivity contribution in [2.24, 2.45) is 5.92 Å². The quantitative estimate of drug-likeness (QED) is 0.781. The second kappa shape index (κ2) is 5.83. The zero-order chi connectivity index (χ0) is 13.8. The number of hydrogen-bond donors (Lipinski definition) is 0. The highest BCUT2D eigenvalue weighted by atomic mass is 16.2. The van der Waals surface area contributed by atoms with E-state index in [-0.39, 0.29) is 17.6 Å². The molecule has 2 rings (SSSR count). The molecule has 0 bridgehead atoms. The fraction of sp³-hybridized carbons (Fsp3) is 0.375. The first-order chi connectivity index (χ1) is 9.09. The Labute approximate surface area is 113 Å². The fourth-order valence-corrected chi connectivity index (χ4v) is 2.40. The molecule has 0 saturated carbocycles. The predicted octanol–water partition coefficient (Wildman–Crippen LogP) is 2.68. The first-order valence-corrected chi connectivity index (χ1v) is 6.59. The number of Topliss-reactive ketones (excluding diaryl/α,β-unsaturated/α-hetero) is 1. The molecule has 3 nitrogen and oxygen atoms in total. The van der Waals surface area contributed by atoms with Crippen LogP contribution in [-0.2, 0) is 4.79 Å². The zero-order valence-electron chi connectivity index (χ0n) is 11.4. The van der Waals surface area contributed by atoms with Crippen molar-refractivity contribution in [3.8, 4) is 0 Å². The summed E-state index contributed by atoms with van der Waals surface area (Å²) in [6.07, 6.45) is 4.06. The summed E-state index contributed by atoms with van der Waals surface area (Å²) < 4.78 is 0. The summed E-state index contributed by atoms with van der Waals surface area (Å²) in [4.78, 5) is 25.7. The minimum absolute atomic E-state index is 0.0299. The molecular formula is C16H19NO2. The van der Waals surface area contributed by atoms with Gasteiger partial charge < -0.3 is 4.90 Å². The first-order valence-electron chi connectivity index (χ1n) is 6.59. The Bertz CT molecular complexity index is 503. The third-order valence-corrected chi connectivity index (χ3v) is 3.53. The maximum absolute atomic E-state index is 12.2. The predicted molar refractivity (Wildman–Crippen MR) is 74.9 cm³/mol. The van der Waals surface area contributed by atoms with Crippen LogP contribution in [-0.4, -0.2) is 30.7 Å². The van der Waals surface area contributed by atoms with Crippen molar-refractivity contribution >= 4 is 11.7 Å². The summed E-state index contributed by atoms with van der Waals surface area (Å²) >= 11 is 0. The maximum atomic E-state index is 12.2. The third-order valence-electron chi connectivity index (χ3n) is 3.53. The van der Waals surface area contributed by atoms with E-state index in [1.54, 1.807) is 19.0 Å². The van der Waals surface area contributed by atoms with Gasteiger partial charge in [0.25, 0.3) is 0 Å². The fourth-order valence-electron chi connectivity index (χ4n) is 2.40. The second-order valence-corrected chi connectivity index (χ2v) is 5.13. The number of benzene rings is 1. The maximum Gasteiger partial charge on any atom is 0.225 e. The number of carbonyl (C=O) groups excluding carboxylic acids is 2. The molecule has 0 spiro atoms. The lowest BCUT2D eigenvalue weighted by Crippen LogP contribution is -2.30. The molecule has 0 N–H and O–H groups in total. The monoisotopic (exact) mass is 257 g/mol. The van der Waals surface area contributed by atoms with Crippen LogP contribution in [0.1, 0.15) is 29.6 Å². The van der Waals surface area contributed by atoms with E-state index in [1.165, 1.54) is 0 Å². The number of carbonyl (C=O) groups is 2. The van der Waals surface area contributed by atoms with Crippen LogP contribution < -0.4 is 0 Å². The largest absolute Gasteiger partial charge is 0.349 e. The summed E-state index contributed by atoms with van der Waals surface area (Å²) in [7, 11) is 3.55. The van der Waals surface area contributed by atoms with Crippen molar-refractivity contribution in [3.05, 3.63) is 47.5 Å². The van der Waals surface area contributed by atoms with E-state index < -0.39 is 0 Å². The minimum atomic E-state index is 0.0299. The second-order valence-electron chi connectivity index (χ2n) is 5.13. The summed E-state index contributed by atoms with van der Waals surface area (Å²) in [5.74, 6) is 0.279. The molecule has 1 aromatic carbocycles. The Hall–Kier alpha value is -1.90. The minimum Gasteiger partial charge on any atom is -0.349 e. The number of amides is 1. The molecule has 0 saturated heterocycles. The van der Waals surface area contributed by atoms with Crippen LogP contribution >= 0.6 is 0 Å². The first kappa shape index (κ1) is 13.5. The topological polar surface area (TPSA) is 37.4 Å². The van der Waals surface area contributed by atoms with Crippen LogP contribution in [0.25, 0.3) is 0 Å². The van der Waals surface area contributed by atoms with Gasteiger partial charge in [0.1, 0.15) is 0 Å². The molecule has 1 aliphatic carbocycles. The Kier molecular flexibility index (Phi) is 4.15. The van der Waals surface area contributed by atoms with Gasteiger partial charge in [0.15, 0.2) is 5.78 Å². The summed E-state index contributed by atoms with van der Waals surface area (Å²) in [5.41, 5.74) is 1.57. The van der Waals surface area contributed by atoms with E-state index >= 15 is 0 Å². The van der Waals surface area contributed by atoms with Crippen molar-refractivity contribution in [3.63, 3.8) is 0 Å². The van der Waals surface area contributed by atoms with E-state index in [4.69, 9.17) is 0 Å². The van der Waals surface area contributed by atoms with Gasteiger partial charge in [-0.3, -0.25) is 9.59 Å². The van der Waals surface area contributed by atoms with Gasteiger partial charge in [-0.25, -0.2) is 0 Å². The zero-order valence-corrected chi connectivity index (χ0v) is 11.4. The molecule has 1 unspecified atom stereocenters. The molecule has 19 heavy (non-hydrogen) atoms. The van der Waals surface area contributed by atoms with Crippen molar-refractivity contribution in [2.75, 3.05) is 14.1 Å². The normalized spacial score (nSPS) is 18.6. The van der Waals surface area contributed by atoms with Crippen molar-refractivity contribution in [1.29, 1.82) is 0 Å². The Balaban J connectivity index is 2.05. The number of nitrogens with zero attached hydrogens (tertiary/aromatic N) is 1. The van der Waals surface area contributed by atoms with Gasteiger partial charge in [-0.05, 0) is 24.8 Å². The van der Waals surface area contributed by atoms with Crippen LogP contribution in [0.4, 0.5) is 0 Å². The number of hydrogen-bond acceptors (Lipinski definition) is 2. The highest BCUT2D eigenvalue weighted by molar-refractivity contribution is 6.08. The van der Waals surface area contributed by atoms with Gasteiger partial charge in [0, 0.05) is 25.6 Å². The lowest BCUT2D eigenvalue weighted by molar-refractivity contribution is -0.133. The van der Waals surface area contributed by atoms with Crippen LogP contribution in [0.15, 0.2) is 42.0 Å². The van der Waals surface area contributed by atoms with E-state index in [0.717, 1.165) is 17.6 Å². The standard InChI is InChI=1S/C16H19NO2/c1-17(2)16(19)14-10-8-13(9-11-14)15(18)12-6-4-3-5-7-12/h3-8,14H,9-11H2,1-2H3. The summed E-state index contributed by atoms with van der Waals surface area (Å²) in [6, 6.07) is 9.31. The van der Waals surface area contributed by atoms with Crippen molar-refractivity contribution in [2.45, 2.75) is 19.3 Å². The van der Waals surface area contributed by atoms with Gasteiger partial charge in [-0.2, -0.15) is 0 Å². The molecule has 0 radical (unpaired) electrons. The molecule has 0 heterocycles. The van der Waals surface area contributed by atoms with Crippen molar-refractivity contribution < 1.29 is 9.59 Å². The summed E-state index contributed by atoms with van der Waals surface area (Å²) in [6.45, 7) is 0. The van der Waals surface area contributed by atoms with E-state index in [0.29, 0.717) is 12.8 Å². The molecule has 0 aromatic heterocycles. The molecule has 100 valence electrons. The molecule has 1 aliphatic rings. The molecule has 0 aliphatic heterocycles. The van der Waals surface area contributed by atoms with E-state index in [1.807, 2.05) is 36.4 Å². The van der Waals surface area contributed by atoms with Crippen LogP contribution in [0.2, 0.25) is 0 Å². The number of rotatable bonds is 3. The van der Waals surface area contributed by atoms with Crippen LogP contribution in [0, 0.1) is 5.92 Å².